The molecule has 1 saturated heterocycles. The van der Waals surface area contributed by atoms with Crippen LogP contribution in [0.3, 0.4) is 0 Å². The van der Waals surface area contributed by atoms with Crippen molar-refractivity contribution in [3.63, 3.8) is 0 Å². The number of nitriles is 1. The van der Waals surface area contributed by atoms with Crippen LogP contribution in [0, 0.1) is 17.1 Å². The van der Waals surface area contributed by atoms with Crippen LogP contribution in [0.25, 0.3) is 0 Å². The maximum Gasteiger partial charge on any atom is 0.265 e. The number of halogens is 2. The van der Waals surface area contributed by atoms with Crippen LogP contribution in [0.1, 0.15) is 11.3 Å². The Labute approximate surface area is 202 Å². The largest absolute Gasteiger partial charge is 0.467 e. The molecule has 1 aliphatic heterocycles. The van der Waals surface area contributed by atoms with Crippen LogP contribution in [0.5, 0.6) is 0 Å². The Morgan fingerprint density at radius 3 is 2.55 bits per heavy atom. The second kappa shape index (κ2) is 10.1. The predicted molar refractivity (Wildman–Crippen MR) is 126 cm³/mol. The molecular formula is C24H17BrFN3O3S. The van der Waals surface area contributed by atoms with Gasteiger partial charge in [-0.2, -0.15) is 5.26 Å². The van der Waals surface area contributed by atoms with Crippen LogP contribution < -0.4 is 10.2 Å². The Bertz CT molecular complexity index is 1240. The number of hydrogen-bond donors (Lipinski definition) is 1. The zero-order valence-corrected chi connectivity index (χ0v) is 19.5. The van der Waals surface area contributed by atoms with E-state index >= 15 is 0 Å². The highest BCUT2D eigenvalue weighted by molar-refractivity contribution is 9.10. The first-order valence-electron chi connectivity index (χ1n) is 9.92. The average Bonchev–Trinajstić information content (AvgIpc) is 3.44. The molecule has 4 rings (SSSR count). The van der Waals surface area contributed by atoms with Crippen molar-refractivity contribution >= 4 is 45.2 Å². The van der Waals surface area contributed by atoms with Gasteiger partial charge in [0.15, 0.2) is 0 Å². The van der Waals surface area contributed by atoms with Gasteiger partial charge in [-0.15, -0.1) is 0 Å². The summed E-state index contributed by atoms with van der Waals surface area (Å²) in [5.41, 5.74) is 1.16. The number of carbonyl (C=O) groups is 2. The first-order valence-corrected chi connectivity index (χ1v) is 11.6. The Kier molecular flexibility index (Phi) is 6.96. The average molecular weight is 526 g/mol. The van der Waals surface area contributed by atoms with Gasteiger partial charge >= 0.3 is 0 Å². The Hall–Kier alpha value is -3.35. The van der Waals surface area contributed by atoms with Gasteiger partial charge in [-0.25, -0.2) is 4.39 Å². The van der Waals surface area contributed by atoms with E-state index in [1.54, 1.807) is 48.5 Å². The van der Waals surface area contributed by atoms with Gasteiger partial charge < -0.3 is 9.73 Å². The minimum Gasteiger partial charge on any atom is -0.467 e. The minimum atomic E-state index is -0.603. The number of anilines is 1. The van der Waals surface area contributed by atoms with E-state index in [9.17, 15) is 19.2 Å². The summed E-state index contributed by atoms with van der Waals surface area (Å²) in [7, 11) is 0. The first-order chi connectivity index (χ1) is 16.0. The molecule has 2 aromatic carbocycles. The number of benzene rings is 2. The molecule has 1 fully saturated rings. The predicted octanol–water partition coefficient (Wildman–Crippen LogP) is 4.92. The summed E-state index contributed by atoms with van der Waals surface area (Å²) in [6, 6.07) is 18.3. The zero-order chi connectivity index (χ0) is 23.4. The molecule has 0 spiro atoms. The fourth-order valence-corrected chi connectivity index (χ4v) is 4.89. The highest BCUT2D eigenvalue weighted by Gasteiger charge is 2.40. The molecular weight excluding hydrogens is 509 g/mol. The molecule has 0 saturated carbocycles. The summed E-state index contributed by atoms with van der Waals surface area (Å²) in [6.07, 6.45) is 1.82. The number of carbonyl (C=O) groups excluding carboxylic acids is 2. The molecule has 1 unspecified atom stereocenters. The third kappa shape index (κ3) is 5.18. The molecule has 33 heavy (non-hydrogen) atoms. The van der Waals surface area contributed by atoms with Gasteiger partial charge in [0.2, 0.25) is 5.91 Å². The number of rotatable bonds is 6. The van der Waals surface area contributed by atoms with Crippen molar-refractivity contribution in [2.45, 2.75) is 18.2 Å². The van der Waals surface area contributed by atoms with Gasteiger partial charge in [0.1, 0.15) is 28.2 Å². The maximum absolute atomic E-state index is 13.4. The fourth-order valence-electron chi connectivity index (χ4n) is 3.32. The number of amides is 2. The van der Waals surface area contributed by atoms with Crippen molar-refractivity contribution in [1.82, 2.24) is 5.32 Å². The smallest absolute Gasteiger partial charge is 0.265 e. The molecule has 6 nitrogen and oxygen atoms in total. The SMILES string of the molecule is N#CC(C(=O)NCc1ccco1)=C1SC(Cc2ccc(F)cc2)C(=O)N1c1ccc(Br)cc1. The molecule has 0 radical (unpaired) electrons. The fraction of sp³-hybridized carbons (Fsp3) is 0.125. The van der Waals surface area contributed by atoms with Crippen LogP contribution in [0.4, 0.5) is 10.1 Å². The van der Waals surface area contributed by atoms with Crippen LogP contribution in [0.2, 0.25) is 0 Å². The zero-order valence-electron chi connectivity index (χ0n) is 17.1. The van der Waals surface area contributed by atoms with Gasteiger partial charge in [-0.3, -0.25) is 14.5 Å². The van der Waals surface area contributed by atoms with Crippen LogP contribution in [-0.2, 0) is 22.6 Å². The molecule has 0 bridgehead atoms. The summed E-state index contributed by atoms with van der Waals surface area (Å²) in [4.78, 5) is 27.7. The van der Waals surface area contributed by atoms with E-state index in [1.165, 1.54) is 23.3 Å². The lowest BCUT2D eigenvalue weighted by atomic mass is 10.1. The van der Waals surface area contributed by atoms with Crippen molar-refractivity contribution in [2.75, 3.05) is 4.90 Å². The highest BCUT2D eigenvalue weighted by Crippen LogP contribution is 2.42. The lowest BCUT2D eigenvalue weighted by molar-refractivity contribution is -0.117. The molecule has 2 heterocycles. The summed E-state index contributed by atoms with van der Waals surface area (Å²) in [5, 5.41) is 12.2. The van der Waals surface area contributed by atoms with Gasteiger partial charge in [0, 0.05) is 10.2 Å². The second-order valence-electron chi connectivity index (χ2n) is 7.14. The number of nitrogens with one attached hydrogen (secondary N) is 1. The minimum absolute atomic E-state index is 0.111. The lowest BCUT2D eigenvalue weighted by Crippen LogP contribution is -2.32. The molecule has 9 heteroatoms. The standard InChI is InChI=1S/C24H17BrFN3O3S/c25-16-5-9-18(10-6-16)29-23(31)21(12-15-3-7-17(26)8-4-15)33-24(29)20(13-27)22(30)28-14-19-2-1-11-32-19/h1-11,21H,12,14H2,(H,28,30). The number of furan rings is 1. The van der Waals surface area contributed by atoms with Gasteiger partial charge in [0.05, 0.1) is 18.1 Å². The van der Waals surface area contributed by atoms with E-state index < -0.39 is 11.2 Å². The van der Waals surface area contributed by atoms with Crippen LogP contribution >= 0.6 is 27.7 Å². The molecule has 1 atom stereocenters. The van der Waals surface area contributed by atoms with Gasteiger partial charge in [-0.05, 0) is 60.5 Å². The van der Waals surface area contributed by atoms with Gasteiger partial charge in [-0.1, -0.05) is 39.8 Å². The third-order valence-electron chi connectivity index (χ3n) is 4.93. The molecule has 1 N–H and O–H groups in total. The molecule has 2 amide bonds. The normalized spacial score (nSPS) is 17.1. The lowest BCUT2D eigenvalue weighted by Gasteiger charge is -2.18. The van der Waals surface area contributed by atoms with Crippen molar-refractivity contribution in [3.05, 3.63) is 99.1 Å². The molecule has 1 aromatic heterocycles. The quantitative estimate of drug-likeness (QED) is 0.364. The summed E-state index contributed by atoms with van der Waals surface area (Å²) >= 11 is 4.53. The van der Waals surface area contributed by atoms with Crippen LogP contribution in [0.15, 0.2) is 86.4 Å². The summed E-state index contributed by atoms with van der Waals surface area (Å²) in [6.45, 7) is 0.111. The molecule has 0 aliphatic carbocycles. The van der Waals surface area contributed by atoms with E-state index in [2.05, 4.69) is 21.2 Å². The molecule has 1 aliphatic rings. The van der Waals surface area contributed by atoms with Crippen molar-refractivity contribution in [3.8, 4) is 6.07 Å². The molecule has 3 aromatic rings. The molecule has 166 valence electrons. The van der Waals surface area contributed by atoms with E-state index in [1.807, 2.05) is 6.07 Å². The highest BCUT2D eigenvalue weighted by atomic mass is 79.9. The van der Waals surface area contributed by atoms with E-state index in [0.29, 0.717) is 17.9 Å². The Morgan fingerprint density at radius 1 is 1.18 bits per heavy atom. The maximum atomic E-state index is 13.4. The summed E-state index contributed by atoms with van der Waals surface area (Å²) < 4.78 is 19.3. The third-order valence-corrected chi connectivity index (χ3v) is 6.72. The van der Waals surface area contributed by atoms with E-state index in [-0.39, 0.29) is 28.9 Å². The Balaban J connectivity index is 1.67. The van der Waals surface area contributed by atoms with E-state index in [4.69, 9.17) is 4.42 Å². The van der Waals surface area contributed by atoms with Crippen molar-refractivity contribution in [2.24, 2.45) is 0 Å². The van der Waals surface area contributed by atoms with Gasteiger partial charge in [0.25, 0.3) is 5.91 Å². The summed E-state index contributed by atoms with van der Waals surface area (Å²) in [5.74, 6) is -0.678. The second-order valence-corrected chi connectivity index (χ2v) is 9.25. The first kappa shape index (κ1) is 22.8. The van der Waals surface area contributed by atoms with E-state index in [0.717, 1.165) is 21.8 Å². The van der Waals surface area contributed by atoms with Crippen LogP contribution in [-0.4, -0.2) is 17.1 Å². The number of nitrogens with zero attached hydrogens (tertiary/aromatic N) is 2. The monoisotopic (exact) mass is 525 g/mol. The Morgan fingerprint density at radius 2 is 1.91 bits per heavy atom. The van der Waals surface area contributed by atoms with Crippen molar-refractivity contribution < 1.29 is 18.4 Å². The number of hydrogen-bond acceptors (Lipinski definition) is 5. The number of thioether (sulfide) groups is 1. The topological polar surface area (TPSA) is 86.3 Å². The van der Waals surface area contributed by atoms with Crippen molar-refractivity contribution in [1.29, 1.82) is 5.26 Å².